The molecule has 0 fully saturated rings. The van der Waals surface area contributed by atoms with Crippen molar-refractivity contribution in [3.8, 4) is 0 Å². The molecule has 0 aliphatic heterocycles. The van der Waals surface area contributed by atoms with Gasteiger partial charge in [-0.05, 0) is 59.7 Å². The molecule has 1 aromatic carbocycles. The van der Waals surface area contributed by atoms with Crippen LogP contribution in [-0.2, 0) is 6.42 Å². The molecule has 0 amide bonds. The van der Waals surface area contributed by atoms with E-state index >= 15 is 0 Å². The average molecular weight is 381 g/mol. The SMILES string of the molecule is C=CC1=CC(C)C(CC)=C1.C=c1c(C)ccc(CC)/c1=C/C=C\C.CC.CC. The summed E-state index contributed by atoms with van der Waals surface area (Å²) in [7, 11) is 0. The second-order valence-corrected chi connectivity index (χ2v) is 6.21. The fraction of sp³-hybridized carbons (Fsp3) is 0.429. The van der Waals surface area contributed by atoms with Gasteiger partial charge in [0.05, 0.1) is 0 Å². The Morgan fingerprint density at radius 2 is 1.64 bits per heavy atom. The molecule has 28 heavy (non-hydrogen) atoms. The van der Waals surface area contributed by atoms with E-state index in [1.54, 1.807) is 0 Å². The predicted molar refractivity (Wildman–Crippen MR) is 133 cm³/mol. The molecule has 2 rings (SSSR count). The molecule has 1 unspecified atom stereocenters. The van der Waals surface area contributed by atoms with Crippen LogP contribution >= 0.6 is 0 Å². The van der Waals surface area contributed by atoms with Crippen LogP contribution in [0, 0.1) is 12.8 Å². The van der Waals surface area contributed by atoms with Crippen LogP contribution in [0.2, 0.25) is 0 Å². The highest BCUT2D eigenvalue weighted by molar-refractivity contribution is 5.43. The van der Waals surface area contributed by atoms with Crippen LogP contribution in [0.5, 0.6) is 0 Å². The van der Waals surface area contributed by atoms with Gasteiger partial charge in [0.2, 0.25) is 0 Å². The summed E-state index contributed by atoms with van der Waals surface area (Å²) < 4.78 is 0. The Hall–Kier alpha value is -2.08. The van der Waals surface area contributed by atoms with Gasteiger partial charge in [0, 0.05) is 0 Å². The summed E-state index contributed by atoms with van der Waals surface area (Å²) in [6.45, 7) is 26.6. The Morgan fingerprint density at radius 3 is 2.04 bits per heavy atom. The van der Waals surface area contributed by atoms with Crippen LogP contribution in [0.4, 0.5) is 0 Å². The highest BCUT2D eigenvalue weighted by Gasteiger charge is 2.10. The van der Waals surface area contributed by atoms with Crippen molar-refractivity contribution in [2.75, 3.05) is 0 Å². The smallest absolute Gasteiger partial charge is 0.00394 e. The summed E-state index contributed by atoms with van der Waals surface area (Å²) in [6.07, 6.45) is 14.9. The monoisotopic (exact) mass is 380 g/mol. The van der Waals surface area contributed by atoms with E-state index < -0.39 is 0 Å². The van der Waals surface area contributed by atoms with Crippen molar-refractivity contribution in [2.45, 2.75) is 75.2 Å². The van der Waals surface area contributed by atoms with Crippen molar-refractivity contribution in [2.24, 2.45) is 5.92 Å². The Kier molecular flexibility index (Phi) is 17.1. The summed E-state index contributed by atoms with van der Waals surface area (Å²) >= 11 is 0. The first-order valence-electron chi connectivity index (χ1n) is 10.9. The molecular weight excluding hydrogens is 336 g/mol. The van der Waals surface area contributed by atoms with Gasteiger partial charge in [-0.25, -0.2) is 0 Å². The van der Waals surface area contributed by atoms with Crippen LogP contribution in [0.3, 0.4) is 0 Å². The molecule has 1 aliphatic carbocycles. The van der Waals surface area contributed by atoms with Crippen LogP contribution < -0.4 is 10.4 Å². The largest absolute Gasteiger partial charge is 0.0985 e. The van der Waals surface area contributed by atoms with Crippen LogP contribution in [0.1, 0.15) is 72.9 Å². The minimum absolute atomic E-state index is 0.637. The van der Waals surface area contributed by atoms with Gasteiger partial charge >= 0.3 is 0 Å². The van der Waals surface area contributed by atoms with Crippen molar-refractivity contribution < 1.29 is 0 Å². The molecule has 0 spiro atoms. The van der Waals surface area contributed by atoms with E-state index in [9.17, 15) is 0 Å². The van der Waals surface area contributed by atoms with E-state index in [-0.39, 0.29) is 0 Å². The van der Waals surface area contributed by atoms with Gasteiger partial charge in [-0.3, -0.25) is 0 Å². The second kappa shape index (κ2) is 17.0. The first kappa shape index (κ1) is 28.1. The number of hydrogen-bond donors (Lipinski definition) is 0. The second-order valence-electron chi connectivity index (χ2n) is 6.21. The summed E-state index contributed by atoms with van der Waals surface area (Å²) in [6, 6.07) is 4.34. The lowest BCUT2D eigenvalue weighted by molar-refractivity contribution is 0.826. The minimum Gasteiger partial charge on any atom is -0.0985 e. The topological polar surface area (TPSA) is 0 Å². The van der Waals surface area contributed by atoms with Crippen LogP contribution in [0.15, 0.2) is 60.2 Å². The first-order valence-corrected chi connectivity index (χ1v) is 10.9. The number of allylic oxidation sites excluding steroid dienone is 7. The number of hydrogen-bond acceptors (Lipinski definition) is 0. The third-order valence-electron chi connectivity index (χ3n) is 4.54. The fourth-order valence-corrected chi connectivity index (χ4v) is 2.87. The van der Waals surface area contributed by atoms with Crippen LogP contribution in [-0.4, -0.2) is 0 Å². The maximum absolute atomic E-state index is 4.12. The zero-order chi connectivity index (χ0) is 22.1. The van der Waals surface area contributed by atoms with Crippen molar-refractivity contribution in [1.82, 2.24) is 0 Å². The quantitative estimate of drug-likeness (QED) is 0.508. The van der Waals surface area contributed by atoms with Crippen LogP contribution in [0.25, 0.3) is 12.7 Å². The van der Waals surface area contributed by atoms with Gasteiger partial charge in [0.25, 0.3) is 0 Å². The highest BCUT2D eigenvalue weighted by Crippen LogP contribution is 2.26. The normalized spacial score (nSPS) is 15.3. The number of rotatable bonds is 4. The fourth-order valence-electron chi connectivity index (χ4n) is 2.87. The molecule has 1 aliphatic rings. The Morgan fingerprint density at radius 1 is 1.04 bits per heavy atom. The predicted octanol–water partition coefficient (Wildman–Crippen LogP) is 7.46. The molecule has 0 nitrogen and oxygen atoms in total. The average Bonchev–Trinajstić information content (AvgIpc) is 3.12. The van der Waals surface area contributed by atoms with Crippen molar-refractivity contribution in [3.63, 3.8) is 0 Å². The number of aryl methyl sites for hydroxylation is 2. The minimum atomic E-state index is 0.637. The van der Waals surface area contributed by atoms with Gasteiger partial charge in [0.15, 0.2) is 0 Å². The summed E-state index contributed by atoms with van der Waals surface area (Å²) in [5.41, 5.74) is 5.44. The zero-order valence-electron chi connectivity index (χ0n) is 20.0. The van der Waals surface area contributed by atoms with Gasteiger partial charge in [-0.1, -0.05) is 116 Å². The lowest BCUT2D eigenvalue weighted by Crippen LogP contribution is -2.29. The molecule has 0 N–H and O–H groups in total. The molecule has 0 aromatic heterocycles. The van der Waals surface area contributed by atoms with Crippen molar-refractivity contribution in [3.05, 3.63) is 81.8 Å². The van der Waals surface area contributed by atoms with Gasteiger partial charge in [-0.2, -0.15) is 0 Å². The van der Waals surface area contributed by atoms with E-state index in [2.05, 4.69) is 77.3 Å². The van der Waals surface area contributed by atoms with E-state index in [4.69, 9.17) is 0 Å². The highest BCUT2D eigenvalue weighted by atomic mass is 14.1. The lowest BCUT2D eigenvalue weighted by Gasteiger charge is -2.01. The molecule has 0 heteroatoms. The van der Waals surface area contributed by atoms with Crippen molar-refractivity contribution >= 4 is 12.7 Å². The molecule has 156 valence electrons. The molecule has 0 heterocycles. The standard InChI is InChI=1S/C14H18.C10H14.2C2H6/c1-5-7-8-14-12(4)11(3)9-10-13(14)6-2;1-4-9-6-8(3)10(5-2)7-9;2*1-2/h5,7-10H,4,6H2,1-3H3;4,6-8H,1,5H2,2-3H3;2*1-2H3/b7-5-,14-8+;;;. The summed E-state index contributed by atoms with van der Waals surface area (Å²) in [5.74, 6) is 0.637. The van der Waals surface area contributed by atoms with Gasteiger partial charge < -0.3 is 0 Å². The van der Waals surface area contributed by atoms with Gasteiger partial charge in [-0.15, -0.1) is 0 Å². The van der Waals surface area contributed by atoms with Gasteiger partial charge in [0.1, 0.15) is 0 Å². The lowest BCUT2D eigenvalue weighted by atomic mass is 10.0. The summed E-state index contributed by atoms with van der Waals surface area (Å²) in [5, 5.41) is 2.44. The van der Waals surface area contributed by atoms with E-state index in [0.29, 0.717) is 5.92 Å². The van der Waals surface area contributed by atoms with E-state index in [1.807, 2.05) is 46.8 Å². The van der Waals surface area contributed by atoms with Crippen molar-refractivity contribution in [1.29, 1.82) is 0 Å². The molecule has 1 aromatic rings. The zero-order valence-corrected chi connectivity index (χ0v) is 20.0. The third kappa shape index (κ3) is 9.22. The third-order valence-corrected chi connectivity index (χ3v) is 4.54. The van der Waals surface area contributed by atoms with E-state index in [1.165, 1.54) is 27.5 Å². The van der Waals surface area contributed by atoms with E-state index in [0.717, 1.165) is 18.1 Å². The molecule has 0 bridgehead atoms. The Balaban J connectivity index is 0. The Bertz CT molecular complexity index is 754. The Labute approximate surface area is 175 Å². The molecule has 0 saturated carbocycles. The summed E-state index contributed by atoms with van der Waals surface area (Å²) in [4.78, 5) is 0. The molecular formula is C28H44. The molecule has 0 radical (unpaired) electrons. The number of benzene rings is 1. The molecule has 1 atom stereocenters. The maximum atomic E-state index is 4.12. The maximum Gasteiger partial charge on any atom is -0.00394 e. The molecule has 0 saturated heterocycles. The first-order chi connectivity index (χ1) is 13.5.